The van der Waals surface area contributed by atoms with Gasteiger partial charge in [0.05, 0.1) is 11.6 Å². The highest BCUT2D eigenvalue weighted by Gasteiger charge is 2.24. The molecule has 1 saturated heterocycles. The number of nitrogens with zero attached hydrogens (tertiary/aromatic N) is 2. The van der Waals surface area contributed by atoms with Gasteiger partial charge in [-0.2, -0.15) is 0 Å². The van der Waals surface area contributed by atoms with Crippen LogP contribution in [0.3, 0.4) is 0 Å². The fourth-order valence-electron chi connectivity index (χ4n) is 3.36. The molecule has 0 aliphatic carbocycles. The number of piperidine rings is 1. The highest BCUT2D eigenvalue weighted by molar-refractivity contribution is 6.01. The lowest BCUT2D eigenvalue weighted by Crippen LogP contribution is -2.40. The maximum Gasteiger partial charge on any atom is 0.307 e. The second-order valence-electron chi connectivity index (χ2n) is 6.88. The predicted molar refractivity (Wildman–Crippen MR) is 106 cm³/mol. The van der Waals surface area contributed by atoms with Crippen LogP contribution in [0.4, 0.5) is 0 Å². The fraction of sp³-hybridized carbons (Fsp3) is 0.364. The van der Waals surface area contributed by atoms with E-state index >= 15 is 0 Å². The zero-order chi connectivity index (χ0) is 18.9. The van der Waals surface area contributed by atoms with Gasteiger partial charge < -0.3 is 9.94 Å². The molecular formula is C22H26N2O3. The monoisotopic (exact) mass is 366 g/mol. The minimum Gasteiger partial charge on any atom is -0.481 e. The zero-order valence-corrected chi connectivity index (χ0v) is 15.5. The minimum atomic E-state index is -0.701. The second kappa shape index (κ2) is 9.88. The van der Waals surface area contributed by atoms with E-state index in [2.05, 4.69) is 22.2 Å². The molecule has 2 aromatic carbocycles. The fourth-order valence-corrected chi connectivity index (χ4v) is 3.36. The van der Waals surface area contributed by atoms with Gasteiger partial charge in [-0.25, -0.2) is 0 Å². The van der Waals surface area contributed by atoms with E-state index in [1.165, 1.54) is 5.56 Å². The van der Waals surface area contributed by atoms with Crippen molar-refractivity contribution in [3.8, 4) is 0 Å². The number of hydrogen-bond acceptors (Lipinski definition) is 4. The average Bonchev–Trinajstić information content (AvgIpc) is 2.72. The Morgan fingerprint density at radius 1 is 1.11 bits per heavy atom. The molecule has 1 aliphatic heterocycles. The Morgan fingerprint density at radius 2 is 1.81 bits per heavy atom. The standard InChI is InChI=1S/C22H26N2O3/c25-22(26)20-12-7-13-24(17-20)14-15-27-23-21(19-10-5-2-6-11-19)16-18-8-3-1-4-9-18/h1-6,8-11,20H,7,12-17H2,(H,25,26). The van der Waals surface area contributed by atoms with E-state index in [1.807, 2.05) is 48.5 Å². The molecule has 0 amide bonds. The summed E-state index contributed by atoms with van der Waals surface area (Å²) in [6, 6.07) is 20.3. The van der Waals surface area contributed by atoms with Crippen molar-refractivity contribution in [2.45, 2.75) is 19.3 Å². The van der Waals surface area contributed by atoms with Crippen LogP contribution >= 0.6 is 0 Å². The maximum atomic E-state index is 11.2. The Labute approximate surface area is 160 Å². The molecule has 1 aliphatic rings. The Balaban J connectivity index is 1.58. The van der Waals surface area contributed by atoms with Gasteiger partial charge in [-0.1, -0.05) is 65.8 Å². The van der Waals surface area contributed by atoms with Crippen LogP contribution in [0, 0.1) is 5.92 Å². The third-order valence-electron chi connectivity index (χ3n) is 4.85. The first-order valence-corrected chi connectivity index (χ1v) is 9.45. The largest absolute Gasteiger partial charge is 0.481 e. The molecule has 5 nitrogen and oxygen atoms in total. The first kappa shape index (κ1) is 19.1. The predicted octanol–water partition coefficient (Wildman–Crippen LogP) is 3.45. The van der Waals surface area contributed by atoms with Crippen molar-refractivity contribution in [2.24, 2.45) is 11.1 Å². The van der Waals surface area contributed by atoms with Gasteiger partial charge in [0, 0.05) is 19.5 Å². The van der Waals surface area contributed by atoms with Crippen molar-refractivity contribution in [2.75, 3.05) is 26.2 Å². The van der Waals surface area contributed by atoms with Gasteiger partial charge in [-0.3, -0.25) is 9.69 Å². The summed E-state index contributed by atoms with van der Waals surface area (Å²) in [5.74, 6) is -0.965. The molecule has 1 heterocycles. The number of carbonyl (C=O) groups is 1. The van der Waals surface area contributed by atoms with Crippen molar-refractivity contribution in [1.29, 1.82) is 0 Å². The van der Waals surface area contributed by atoms with Crippen molar-refractivity contribution < 1.29 is 14.7 Å². The summed E-state index contributed by atoms with van der Waals surface area (Å²) in [6.07, 6.45) is 2.39. The Bertz CT molecular complexity index is 747. The number of hydrogen-bond donors (Lipinski definition) is 1. The van der Waals surface area contributed by atoms with Crippen molar-refractivity contribution in [3.05, 3.63) is 71.8 Å². The number of oxime groups is 1. The summed E-state index contributed by atoms with van der Waals surface area (Å²) in [7, 11) is 0. The molecule has 1 N–H and O–H groups in total. The highest BCUT2D eigenvalue weighted by Crippen LogP contribution is 2.16. The number of likely N-dealkylation sites (tertiary alicyclic amines) is 1. The van der Waals surface area contributed by atoms with Crippen molar-refractivity contribution in [1.82, 2.24) is 4.90 Å². The first-order chi connectivity index (χ1) is 13.2. The Hall–Kier alpha value is -2.66. The van der Waals surface area contributed by atoms with Gasteiger partial charge in [0.1, 0.15) is 6.61 Å². The highest BCUT2D eigenvalue weighted by atomic mass is 16.6. The van der Waals surface area contributed by atoms with Crippen LogP contribution in [0.5, 0.6) is 0 Å². The van der Waals surface area contributed by atoms with E-state index in [1.54, 1.807) is 0 Å². The van der Waals surface area contributed by atoms with Crippen LogP contribution in [-0.4, -0.2) is 47.9 Å². The van der Waals surface area contributed by atoms with Gasteiger partial charge in [0.15, 0.2) is 0 Å². The van der Waals surface area contributed by atoms with Crippen LogP contribution in [-0.2, 0) is 16.1 Å². The third kappa shape index (κ3) is 5.93. The minimum absolute atomic E-state index is 0.264. The van der Waals surface area contributed by atoms with E-state index in [0.717, 1.165) is 30.7 Å². The molecule has 142 valence electrons. The van der Waals surface area contributed by atoms with Crippen LogP contribution in [0.25, 0.3) is 0 Å². The number of rotatable bonds is 8. The quantitative estimate of drug-likeness (QED) is 0.442. The zero-order valence-electron chi connectivity index (χ0n) is 15.5. The number of carboxylic acid groups (broad SMARTS) is 1. The molecule has 0 spiro atoms. The van der Waals surface area contributed by atoms with Crippen molar-refractivity contribution >= 4 is 11.7 Å². The van der Waals surface area contributed by atoms with E-state index in [0.29, 0.717) is 26.1 Å². The van der Waals surface area contributed by atoms with Gasteiger partial charge in [0.25, 0.3) is 0 Å². The molecule has 5 heteroatoms. The Kier molecular flexibility index (Phi) is 6.99. The first-order valence-electron chi connectivity index (χ1n) is 9.45. The Morgan fingerprint density at radius 3 is 2.52 bits per heavy atom. The van der Waals surface area contributed by atoms with Crippen LogP contribution < -0.4 is 0 Å². The molecule has 27 heavy (non-hydrogen) atoms. The van der Waals surface area contributed by atoms with E-state index < -0.39 is 5.97 Å². The van der Waals surface area contributed by atoms with Gasteiger partial charge >= 0.3 is 5.97 Å². The van der Waals surface area contributed by atoms with Gasteiger partial charge in [-0.15, -0.1) is 0 Å². The third-order valence-corrected chi connectivity index (χ3v) is 4.85. The lowest BCUT2D eigenvalue weighted by Gasteiger charge is -2.29. The second-order valence-corrected chi connectivity index (χ2v) is 6.88. The molecule has 1 fully saturated rings. The van der Waals surface area contributed by atoms with Crippen LogP contribution in [0.15, 0.2) is 65.8 Å². The van der Waals surface area contributed by atoms with Crippen LogP contribution in [0.2, 0.25) is 0 Å². The van der Waals surface area contributed by atoms with E-state index in [-0.39, 0.29) is 5.92 Å². The van der Waals surface area contributed by atoms with Gasteiger partial charge in [0.2, 0.25) is 0 Å². The summed E-state index contributed by atoms with van der Waals surface area (Å²) in [5, 5.41) is 13.6. The topological polar surface area (TPSA) is 62.1 Å². The number of aliphatic carboxylic acids is 1. The lowest BCUT2D eigenvalue weighted by atomic mass is 9.98. The summed E-state index contributed by atoms with van der Waals surface area (Å²) < 4.78 is 0. The van der Waals surface area contributed by atoms with Crippen LogP contribution in [0.1, 0.15) is 24.0 Å². The summed E-state index contributed by atoms with van der Waals surface area (Å²) >= 11 is 0. The maximum absolute atomic E-state index is 11.2. The molecule has 1 unspecified atom stereocenters. The summed E-state index contributed by atoms with van der Waals surface area (Å²) in [6.45, 7) is 2.67. The molecule has 0 aromatic heterocycles. The lowest BCUT2D eigenvalue weighted by molar-refractivity contribution is -0.143. The molecule has 0 bridgehead atoms. The normalized spacial score (nSPS) is 18.2. The number of carboxylic acids is 1. The molecule has 1 atom stereocenters. The summed E-state index contributed by atoms with van der Waals surface area (Å²) in [5.41, 5.74) is 3.12. The summed E-state index contributed by atoms with van der Waals surface area (Å²) in [4.78, 5) is 18.9. The number of benzene rings is 2. The average molecular weight is 366 g/mol. The van der Waals surface area contributed by atoms with Gasteiger partial charge in [-0.05, 0) is 30.5 Å². The molecular weight excluding hydrogens is 340 g/mol. The molecule has 3 rings (SSSR count). The van der Waals surface area contributed by atoms with E-state index in [9.17, 15) is 9.90 Å². The smallest absolute Gasteiger partial charge is 0.307 e. The molecule has 2 aromatic rings. The molecule has 0 radical (unpaired) electrons. The SMILES string of the molecule is O=C(O)C1CCCN(CCON=C(Cc2ccccc2)c2ccccc2)C1. The molecule has 0 saturated carbocycles. The van der Waals surface area contributed by atoms with Crippen molar-refractivity contribution in [3.63, 3.8) is 0 Å². The van der Waals surface area contributed by atoms with E-state index in [4.69, 9.17) is 4.84 Å².